The first-order chi connectivity index (χ1) is 12.9. The van der Waals surface area contributed by atoms with Crippen molar-refractivity contribution in [3.8, 4) is 11.5 Å². The van der Waals surface area contributed by atoms with Crippen LogP contribution >= 0.6 is 11.6 Å². The highest BCUT2D eigenvalue weighted by atomic mass is 35.5. The molecule has 2 atom stereocenters. The molecule has 0 fully saturated rings. The molecule has 148 valence electrons. The van der Waals surface area contributed by atoms with E-state index in [1.165, 1.54) is 5.56 Å². The van der Waals surface area contributed by atoms with Crippen LogP contribution in [0.4, 0.5) is 0 Å². The molecule has 0 amide bonds. The lowest BCUT2D eigenvalue weighted by molar-refractivity contribution is 0.0536. The van der Waals surface area contributed by atoms with Gasteiger partial charge in [0, 0.05) is 17.2 Å². The smallest absolute Gasteiger partial charge is 0.119 e. The molecule has 0 aliphatic heterocycles. The number of hydrogen-bond donors (Lipinski definition) is 2. The summed E-state index contributed by atoms with van der Waals surface area (Å²) in [5.41, 5.74) is 2.16. The first kappa shape index (κ1) is 21.5. The zero-order valence-electron chi connectivity index (χ0n) is 16.2. The fraction of sp³-hybridized carbons (Fsp3) is 0.455. The van der Waals surface area contributed by atoms with E-state index in [1.807, 2.05) is 36.4 Å². The third-order valence-electron chi connectivity index (χ3n) is 4.60. The van der Waals surface area contributed by atoms with Crippen molar-refractivity contribution in [3.05, 3.63) is 59.7 Å². The standard InChI is InChI=1S/C22H29ClO4/c1-16(12-23)14-26-20-8-4-17(5-9-20)22(2,3)18-6-10-21(11-7-18)27-15-19(25)13-24/h4-11,16,19,24-25H,12-15H2,1-3H3/t16-,19+/m1/s1. The van der Waals surface area contributed by atoms with Crippen LogP contribution in [0.1, 0.15) is 31.9 Å². The molecular formula is C22H29ClO4. The van der Waals surface area contributed by atoms with Gasteiger partial charge in [-0.3, -0.25) is 0 Å². The zero-order chi connectivity index (χ0) is 19.9. The van der Waals surface area contributed by atoms with Crippen molar-refractivity contribution in [2.45, 2.75) is 32.3 Å². The number of aliphatic hydroxyl groups excluding tert-OH is 2. The van der Waals surface area contributed by atoms with E-state index in [4.69, 9.17) is 26.2 Å². The lowest BCUT2D eigenvalue weighted by Crippen LogP contribution is -2.21. The Bertz CT molecular complexity index is 623. The Morgan fingerprint density at radius 2 is 1.33 bits per heavy atom. The van der Waals surface area contributed by atoms with E-state index in [-0.39, 0.29) is 18.6 Å². The fourth-order valence-corrected chi connectivity index (χ4v) is 2.72. The van der Waals surface area contributed by atoms with Gasteiger partial charge >= 0.3 is 0 Å². The summed E-state index contributed by atoms with van der Waals surface area (Å²) in [6.07, 6.45) is -0.866. The van der Waals surface area contributed by atoms with E-state index in [0.29, 0.717) is 24.2 Å². The molecule has 0 aliphatic rings. The molecule has 0 aliphatic carbocycles. The van der Waals surface area contributed by atoms with Gasteiger partial charge in [0.1, 0.15) is 24.2 Å². The zero-order valence-corrected chi connectivity index (χ0v) is 16.9. The van der Waals surface area contributed by atoms with Crippen LogP contribution in [0.3, 0.4) is 0 Å². The molecule has 2 N–H and O–H groups in total. The van der Waals surface area contributed by atoms with Crippen molar-refractivity contribution in [3.63, 3.8) is 0 Å². The number of halogens is 1. The second kappa shape index (κ2) is 9.98. The largest absolute Gasteiger partial charge is 0.493 e. The summed E-state index contributed by atoms with van der Waals surface area (Å²) in [6.45, 7) is 6.77. The van der Waals surface area contributed by atoms with Gasteiger partial charge in [-0.25, -0.2) is 0 Å². The number of ether oxygens (including phenoxy) is 2. The van der Waals surface area contributed by atoms with Crippen molar-refractivity contribution >= 4 is 11.6 Å². The van der Waals surface area contributed by atoms with Gasteiger partial charge in [-0.15, -0.1) is 11.6 Å². The molecule has 0 saturated carbocycles. The van der Waals surface area contributed by atoms with Crippen LogP contribution < -0.4 is 9.47 Å². The number of benzene rings is 2. The monoisotopic (exact) mass is 392 g/mol. The topological polar surface area (TPSA) is 58.9 Å². The van der Waals surface area contributed by atoms with E-state index in [1.54, 1.807) is 0 Å². The Labute approximate surface area is 166 Å². The molecule has 4 nitrogen and oxygen atoms in total. The summed E-state index contributed by atoms with van der Waals surface area (Å²) in [4.78, 5) is 0. The Hall–Kier alpha value is -1.75. The van der Waals surface area contributed by atoms with E-state index in [2.05, 4.69) is 32.9 Å². The highest BCUT2D eigenvalue weighted by Gasteiger charge is 2.23. The average molecular weight is 393 g/mol. The first-order valence-corrected chi connectivity index (χ1v) is 9.71. The van der Waals surface area contributed by atoms with Gasteiger partial charge in [0.05, 0.1) is 13.2 Å². The van der Waals surface area contributed by atoms with E-state index < -0.39 is 6.10 Å². The van der Waals surface area contributed by atoms with Crippen molar-refractivity contribution < 1.29 is 19.7 Å². The minimum absolute atomic E-state index is 0.0725. The van der Waals surface area contributed by atoms with Crippen molar-refractivity contribution in [1.82, 2.24) is 0 Å². The Morgan fingerprint density at radius 3 is 1.74 bits per heavy atom. The van der Waals surface area contributed by atoms with E-state index in [9.17, 15) is 5.11 Å². The molecule has 0 radical (unpaired) electrons. The normalized spacial score (nSPS) is 13.9. The maximum absolute atomic E-state index is 9.36. The van der Waals surface area contributed by atoms with E-state index >= 15 is 0 Å². The highest BCUT2D eigenvalue weighted by Crippen LogP contribution is 2.33. The maximum Gasteiger partial charge on any atom is 0.119 e. The summed E-state index contributed by atoms with van der Waals surface area (Å²) >= 11 is 5.81. The van der Waals surface area contributed by atoms with Crippen LogP contribution in [-0.4, -0.2) is 42.0 Å². The molecular weight excluding hydrogens is 364 g/mol. The van der Waals surface area contributed by atoms with Gasteiger partial charge in [0.25, 0.3) is 0 Å². The fourth-order valence-electron chi connectivity index (χ4n) is 2.63. The minimum Gasteiger partial charge on any atom is -0.493 e. The molecule has 5 heteroatoms. The van der Waals surface area contributed by atoms with Crippen molar-refractivity contribution in [2.75, 3.05) is 25.7 Å². The Morgan fingerprint density at radius 1 is 0.889 bits per heavy atom. The van der Waals surface area contributed by atoms with Crippen molar-refractivity contribution in [1.29, 1.82) is 0 Å². The summed E-state index contributed by atoms with van der Waals surface area (Å²) < 4.78 is 11.2. The second-order valence-corrected chi connectivity index (χ2v) is 7.70. The first-order valence-electron chi connectivity index (χ1n) is 9.18. The van der Waals surface area contributed by atoms with Gasteiger partial charge in [-0.2, -0.15) is 0 Å². The molecule has 2 aromatic rings. The Balaban J connectivity index is 2.04. The second-order valence-electron chi connectivity index (χ2n) is 7.39. The maximum atomic E-state index is 9.36. The van der Waals surface area contributed by atoms with Crippen LogP contribution in [-0.2, 0) is 5.41 Å². The lowest BCUT2D eigenvalue weighted by atomic mass is 9.78. The van der Waals surface area contributed by atoms with Crippen LogP contribution in [0.2, 0.25) is 0 Å². The number of aliphatic hydroxyl groups is 2. The SMILES string of the molecule is C[C@H](CCl)COc1ccc(C(C)(C)c2ccc(OC[C@@H](O)CO)cc2)cc1. The highest BCUT2D eigenvalue weighted by molar-refractivity contribution is 6.18. The molecule has 0 bridgehead atoms. The number of hydrogen-bond acceptors (Lipinski definition) is 4. The Kier molecular flexibility index (Phi) is 7.96. The molecule has 0 saturated heterocycles. The summed E-state index contributed by atoms with van der Waals surface area (Å²) in [5.74, 6) is 2.42. The molecule has 0 unspecified atom stereocenters. The van der Waals surface area contributed by atoms with Gasteiger partial charge < -0.3 is 19.7 Å². The lowest BCUT2D eigenvalue weighted by Gasteiger charge is -2.26. The van der Waals surface area contributed by atoms with Crippen LogP contribution in [0.25, 0.3) is 0 Å². The minimum atomic E-state index is -0.866. The van der Waals surface area contributed by atoms with Gasteiger partial charge in [-0.1, -0.05) is 45.0 Å². The van der Waals surface area contributed by atoms with Gasteiger partial charge in [-0.05, 0) is 35.4 Å². The quantitative estimate of drug-likeness (QED) is 0.600. The van der Waals surface area contributed by atoms with Gasteiger partial charge in [0.15, 0.2) is 0 Å². The summed E-state index contributed by atoms with van der Waals surface area (Å²) in [6, 6.07) is 16.0. The third kappa shape index (κ3) is 6.13. The molecule has 0 spiro atoms. The average Bonchev–Trinajstić information content (AvgIpc) is 2.70. The number of alkyl halides is 1. The van der Waals surface area contributed by atoms with E-state index in [0.717, 1.165) is 11.3 Å². The predicted octanol–water partition coefficient (Wildman–Crippen LogP) is 4.00. The van der Waals surface area contributed by atoms with Crippen molar-refractivity contribution in [2.24, 2.45) is 5.92 Å². The molecule has 0 aromatic heterocycles. The summed E-state index contributed by atoms with van der Waals surface area (Å²) in [5, 5.41) is 18.2. The van der Waals surface area contributed by atoms with Gasteiger partial charge in [0.2, 0.25) is 0 Å². The third-order valence-corrected chi connectivity index (χ3v) is 5.13. The van der Waals surface area contributed by atoms with Crippen LogP contribution in [0, 0.1) is 5.92 Å². The summed E-state index contributed by atoms with van der Waals surface area (Å²) in [7, 11) is 0. The molecule has 2 aromatic carbocycles. The molecule has 27 heavy (non-hydrogen) atoms. The number of rotatable bonds is 10. The van der Waals surface area contributed by atoms with Crippen LogP contribution in [0.5, 0.6) is 11.5 Å². The molecule has 2 rings (SSSR count). The van der Waals surface area contributed by atoms with Crippen LogP contribution in [0.15, 0.2) is 48.5 Å². The predicted molar refractivity (Wildman–Crippen MR) is 109 cm³/mol. The molecule has 0 heterocycles.